The summed E-state index contributed by atoms with van der Waals surface area (Å²) in [7, 11) is 0. The molecule has 0 radical (unpaired) electrons. The lowest BCUT2D eigenvalue weighted by Crippen LogP contribution is -2.42. The van der Waals surface area contributed by atoms with Crippen molar-refractivity contribution in [1.82, 2.24) is 0 Å². The predicted octanol–water partition coefficient (Wildman–Crippen LogP) is 1.38. The Bertz CT molecular complexity index is 353. The molecule has 1 aromatic carbocycles. The molecule has 0 unspecified atom stereocenters. The lowest BCUT2D eigenvalue weighted by molar-refractivity contribution is 0.125. The fourth-order valence-corrected chi connectivity index (χ4v) is 2.29. The van der Waals surface area contributed by atoms with Crippen LogP contribution in [0, 0.1) is 0 Å². The van der Waals surface area contributed by atoms with Crippen LogP contribution in [0.5, 0.6) is 5.75 Å². The molecule has 3 rings (SSSR count). The van der Waals surface area contributed by atoms with E-state index in [0.29, 0.717) is 0 Å². The molecular weight excluding hydrogens is 178 g/mol. The summed E-state index contributed by atoms with van der Waals surface area (Å²) < 4.78 is 5.80. The Hall–Kier alpha value is -1.22. The molecule has 0 saturated heterocycles. The maximum Gasteiger partial charge on any atom is 0.142 e. The van der Waals surface area contributed by atoms with E-state index in [-0.39, 0.29) is 18.2 Å². The summed E-state index contributed by atoms with van der Waals surface area (Å²) in [5, 5.41) is 13.0. The average Bonchev–Trinajstić information content (AvgIpc) is 2.57. The molecule has 2 N–H and O–H groups in total. The van der Waals surface area contributed by atoms with Crippen LogP contribution in [-0.4, -0.2) is 23.4 Å². The van der Waals surface area contributed by atoms with Crippen molar-refractivity contribution in [3.8, 4) is 5.75 Å². The lowest BCUT2D eigenvalue weighted by atomic mass is 10.1. The van der Waals surface area contributed by atoms with E-state index in [0.717, 1.165) is 24.3 Å². The quantitative estimate of drug-likeness (QED) is 0.651. The van der Waals surface area contributed by atoms with Crippen LogP contribution in [0.25, 0.3) is 0 Å². The number of ether oxygens (including phenoxy) is 1. The van der Waals surface area contributed by atoms with Gasteiger partial charge in [-0.15, -0.1) is 0 Å². The monoisotopic (exact) mass is 191 g/mol. The zero-order chi connectivity index (χ0) is 9.54. The molecule has 14 heavy (non-hydrogen) atoms. The number of hydrogen-bond acceptors (Lipinski definition) is 3. The second kappa shape index (κ2) is 2.89. The molecule has 1 fully saturated rings. The van der Waals surface area contributed by atoms with Crippen molar-refractivity contribution in [1.29, 1.82) is 0 Å². The van der Waals surface area contributed by atoms with Gasteiger partial charge in [0.2, 0.25) is 0 Å². The number of para-hydroxylation sites is 2. The summed E-state index contributed by atoms with van der Waals surface area (Å²) in [5.41, 5.74) is 0.995. The van der Waals surface area contributed by atoms with Gasteiger partial charge in [-0.2, -0.15) is 0 Å². The Morgan fingerprint density at radius 1 is 1.29 bits per heavy atom. The topological polar surface area (TPSA) is 41.5 Å². The molecule has 0 aromatic heterocycles. The van der Waals surface area contributed by atoms with Crippen LogP contribution in [-0.2, 0) is 0 Å². The molecule has 3 nitrogen and oxygen atoms in total. The normalized spacial score (nSPS) is 33.9. The highest BCUT2D eigenvalue weighted by molar-refractivity contribution is 5.59. The third-order valence-electron chi connectivity index (χ3n) is 3.05. The predicted molar refractivity (Wildman–Crippen MR) is 53.5 cm³/mol. The fourth-order valence-electron chi connectivity index (χ4n) is 2.29. The summed E-state index contributed by atoms with van der Waals surface area (Å²) in [4.78, 5) is 0. The van der Waals surface area contributed by atoms with Crippen molar-refractivity contribution in [3.05, 3.63) is 24.3 Å². The SMILES string of the molecule is O[C@@H]1CC[C@@H]2Oc3ccccc3N[C@H]12. The molecule has 1 aliphatic carbocycles. The number of fused-ring (bicyclic) bond motifs is 2. The standard InChI is InChI=1S/C11H13NO2/c13-8-5-6-10-11(8)12-7-3-1-2-4-9(7)14-10/h1-4,8,10-13H,5-6H2/t8-,10+,11-/m1/s1. The number of nitrogens with one attached hydrogen (secondary N) is 1. The number of hydrogen-bond donors (Lipinski definition) is 2. The van der Waals surface area contributed by atoms with Crippen molar-refractivity contribution in [2.24, 2.45) is 0 Å². The number of benzene rings is 1. The Kier molecular flexibility index (Phi) is 1.67. The van der Waals surface area contributed by atoms with E-state index in [4.69, 9.17) is 4.74 Å². The van der Waals surface area contributed by atoms with Gasteiger partial charge in [0.1, 0.15) is 11.9 Å². The zero-order valence-corrected chi connectivity index (χ0v) is 7.81. The molecule has 0 bridgehead atoms. The van der Waals surface area contributed by atoms with Crippen molar-refractivity contribution < 1.29 is 9.84 Å². The van der Waals surface area contributed by atoms with Crippen molar-refractivity contribution >= 4 is 5.69 Å². The number of aliphatic hydroxyl groups is 1. The maximum absolute atomic E-state index is 9.71. The van der Waals surface area contributed by atoms with Crippen molar-refractivity contribution in [3.63, 3.8) is 0 Å². The average molecular weight is 191 g/mol. The van der Waals surface area contributed by atoms with Gasteiger partial charge in [-0.3, -0.25) is 0 Å². The maximum atomic E-state index is 9.71. The summed E-state index contributed by atoms with van der Waals surface area (Å²) in [5.74, 6) is 0.905. The van der Waals surface area contributed by atoms with E-state index in [1.165, 1.54) is 0 Å². The van der Waals surface area contributed by atoms with Gasteiger partial charge in [-0.25, -0.2) is 0 Å². The van der Waals surface area contributed by atoms with Gasteiger partial charge in [0.05, 0.1) is 17.8 Å². The molecule has 1 saturated carbocycles. The van der Waals surface area contributed by atoms with E-state index < -0.39 is 0 Å². The van der Waals surface area contributed by atoms with Crippen LogP contribution in [0.1, 0.15) is 12.8 Å². The first-order valence-electron chi connectivity index (χ1n) is 5.05. The second-order valence-corrected chi connectivity index (χ2v) is 3.97. The Morgan fingerprint density at radius 2 is 2.14 bits per heavy atom. The van der Waals surface area contributed by atoms with Crippen LogP contribution in [0.15, 0.2) is 24.3 Å². The van der Waals surface area contributed by atoms with Crippen molar-refractivity contribution in [2.45, 2.75) is 31.1 Å². The minimum absolute atomic E-state index is 0.0740. The highest BCUT2D eigenvalue weighted by Crippen LogP contribution is 2.36. The zero-order valence-electron chi connectivity index (χ0n) is 7.81. The van der Waals surface area contributed by atoms with Crippen molar-refractivity contribution in [2.75, 3.05) is 5.32 Å². The van der Waals surface area contributed by atoms with Gasteiger partial charge in [0.25, 0.3) is 0 Å². The second-order valence-electron chi connectivity index (χ2n) is 3.97. The fraction of sp³-hybridized carbons (Fsp3) is 0.455. The summed E-state index contributed by atoms with van der Waals surface area (Å²) in [6.45, 7) is 0. The van der Waals surface area contributed by atoms with Crippen LogP contribution in [0.2, 0.25) is 0 Å². The minimum Gasteiger partial charge on any atom is -0.486 e. The van der Waals surface area contributed by atoms with Crippen LogP contribution >= 0.6 is 0 Å². The summed E-state index contributed by atoms with van der Waals surface area (Å²) in [6.07, 6.45) is 1.64. The minimum atomic E-state index is -0.270. The number of anilines is 1. The van der Waals surface area contributed by atoms with E-state index in [1.54, 1.807) is 0 Å². The van der Waals surface area contributed by atoms with E-state index >= 15 is 0 Å². The van der Waals surface area contributed by atoms with Crippen LogP contribution in [0.4, 0.5) is 5.69 Å². The molecule has 0 amide bonds. The molecule has 0 spiro atoms. The first kappa shape index (κ1) is 8.12. The number of aliphatic hydroxyl groups excluding tert-OH is 1. The molecule has 3 heteroatoms. The Balaban J connectivity index is 1.95. The van der Waals surface area contributed by atoms with Gasteiger partial charge in [-0.1, -0.05) is 12.1 Å². The lowest BCUT2D eigenvalue weighted by Gasteiger charge is -2.31. The van der Waals surface area contributed by atoms with Gasteiger partial charge in [-0.05, 0) is 25.0 Å². The van der Waals surface area contributed by atoms with E-state index in [1.807, 2.05) is 24.3 Å². The molecule has 74 valence electrons. The molecular formula is C11H13NO2. The van der Waals surface area contributed by atoms with Gasteiger partial charge < -0.3 is 15.2 Å². The summed E-state index contributed by atoms with van der Waals surface area (Å²) in [6, 6.07) is 7.95. The highest BCUT2D eigenvalue weighted by Gasteiger charge is 2.39. The van der Waals surface area contributed by atoms with Crippen LogP contribution in [0.3, 0.4) is 0 Å². The summed E-state index contributed by atoms with van der Waals surface area (Å²) >= 11 is 0. The molecule has 2 aliphatic rings. The third kappa shape index (κ3) is 1.09. The number of rotatable bonds is 0. The van der Waals surface area contributed by atoms with Gasteiger partial charge in [0.15, 0.2) is 0 Å². The third-order valence-corrected chi connectivity index (χ3v) is 3.05. The molecule has 1 aromatic rings. The van der Waals surface area contributed by atoms with E-state index in [2.05, 4.69) is 5.32 Å². The molecule has 1 heterocycles. The van der Waals surface area contributed by atoms with Crippen LogP contribution < -0.4 is 10.1 Å². The molecule has 3 atom stereocenters. The smallest absolute Gasteiger partial charge is 0.142 e. The largest absolute Gasteiger partial charge is 0.486 e. The van der Waals surface area contributed by atoms with Gasteiger partial charge >= 0.3 is 0 Å². The van der Waals surface area contributed by atoms with E-state index in [9.17, 15) is 5.11 Å². The highest BCUT2D eigenvalue weighted by atomic mass is 16.5. The first-order valence-corrected chi connectivity index (χ1v) is 5.05. The Morgan fingerprint density at radius 3 is 3.07 bits per heavy atom. The molecule has 1 aliphatic heterocycles. The Labute approximate surface area is 82.7 Å². The first-order chi connectivity index (χ1) is 6.84. The van der Waals surface area contributed by atoms with Gasteiger partial charge in [0, 0.05) is 0 Å².